The first-order valence-corrected chi connectivity index (χ1v) is 26.9. The first-order chi connectivity index (χ1) is 36.3. The molecule has 4 aliphatic heterocycles. The molecule has 2 atom stereocenters. The van der Waals surface area contributed by atoms with Crippen molar-refractivity contribution >= 4 is 92.8 Å². The summed E-state index contributed by atoms with van der Waals surface area (Å²) in [4.78, 5) is 62.9. The van der Waals surface area contributed by atoms with Gasteiger partial charge in [-0.1, -0.05) is 36.4 Å². The van der Waals surface area contributed by atoms with Gasteiger partial charge in [-0.3, -0.25) is 19.4 Å². The smallest absolute Gasteiger partial charge is 0.321 e. The molecule has 4 fully saturated rings. The molecule has 76 heavy (non-hydrogen) atoms. The number of aromatic amines is 2. The van der Waals surface area contributed by atoms with Crippen molar-refractivity contribution in [3.05, 3.63) is 131 Å². The van der Waals surface area contributed by atoms with Crippen molar-refractivity contribution in [3.63, 3.8) is 0 Å². The van der Waals surface area contributed by atoms with Crippen LogP contribution in [0, 0.1) is 37.3 Å². The van der Waals surface area contributed by atoms with E-state index in [0.717, 1.165) is 83.3 Å². The first kappa shape index (κ1) is 59.4. The minimum atomic E-state index is -0.773. The van der Waals surface area contributed by atoms with Gasteiger partial charge in [0.2, 0.25) is 6.08 Å². The number of carbonyl (C=O) groups excluding carboxylic acids is 2. The summed E-state index contributed by atoms with van der Waals surface area (Å²) in [7, 11) is 0. The second kappa shape index (κ2) is 29.1. The van der Waals surface area contributed by atoms with Crippen molar-refractivity contribution in [3.8, 4) is 0 Å². The van der Waals surface area contributed by atoms with Crippen LogP contribution in [0.2, 0.25) is 0 Å². The van der Waals surface area contributed by atoms with Crippen LogP contribution in [0.4, 0.5) is 25.0 Å². The van der Waals surface area contributed by atoms with E-state index in [1.54, 1.807) is 30.9 Å². The van der Waals surface area contributed by atoms with E-state index in [1.165, 1.54) is 57.8 Å². The van der Waals surface area contributed by atoms with Gasteiger partial charge in [0.05, 0.1) is 11.0 Å². The molecule has 408 valence electrons. The van der Waals surface area contributed by atoms with Gasteiger partial charge >= 0.3 is 18.0 Å². The summed E-state index contributed by atoms with van der Waals surface area (Å²) in [5, 5.41) is 28.9. The number of alkyl halides is 2. The summed E-state index contributed by atoms with van der Waals surface area (Å²) in [6.45, 7) is 9.44. The molecule has 0 aliphatic carbocycles. The summed E-state index contributed by atoms with van der Waals surface area (Å²) < 4.78 is 26.1. The summed E-state index contributed by atoms with van der Waals surface area (Å²) in [5.41, 5.74) is 6.99. The van der Waals surface area contributed by atoms with E-state index < -0.39 is 18.0 Å². The number of urea groups is 1. The van der Waals surface area contributed by atoms with E-state index in [0.29, 0.717) is 60.3 Å². The van der Waals surface area contributed by atoms with Crippen LogP contribution in [0.15, 0.2) is 102 Å². The number of nitrogens with one attached hydrogen (secondary N) is 4. The highest BCUT2D eigenvalue weighted by atomic mass is 35.5. The number of H-pyrrole nitrogens is 2. The Morgan fingerprint density at radius 3 is 1.57 bits per heavy atom. The Balaban J connectivity index is 0.000000202. The summed E-state index contributed by atoms with van der Waals surface area (Å²) in [5.74, 6) is -0.786. The number of likely N-dealkylation sites (tertiary alicyclic amines) is 3. The molecule has 6 heterocycles. The Kier molecular flexibility index (Phi) is 22.7. The molecular formula is C57H69Cl3F2N8O6. The quantitative estimate of drug-likeness (QED) is 0.0441. The molecule has 2 amide bonds. The Morgan fingerprint density at radius 1 is 0.671 bits per heavy atom. The van der Waals surface area contributed by atoms with Crippen molar-refractivity contribution in [2.24, 2.45) is 16.8 Å². The number of aliphatic imine (C=N–C) groups is 1. The second-order valence-corrected chi connectivity index (χ2v) is 20.6. The zero-order valence-electron chi connectivity index (χ0n) is 43.0. The average Bonchev–Trinajstić information content (AvgIpc) is 4.06. The maximum absolute atomic E-state index is 13.5. The van der Waals surface area contributed by atoms with Crippen LogP contribution >= 0.6 is 35.6 Å². The van der Waals surface area contributed by atoms with Gasteiger partial charge < -0.3 is 35.7 Å². The molecule has 4 aromatic carbocycles. The van der Waals surface area contributed by atoms with E-state index in [4.69, 9.17) is 23.2 Å². The van der Waals surface area contributed by atoms with Gasteiger partial charge in [-0.25, -0.2) is 18.4 Å². The fourth-order valence-electron chi connectivity index (χ4n) is 11.4. The lowest BCUT2D eigenvalue weighted by Gasteiger charge is -2.41. The molecule has 2 unspecified atom stereocenters. The van der Waals surface area contributed by atoms with Crippen molar-refractivity contribution in [1.82, 2.24) is 30.0 Å². The largest absolute Gasteiger partial charge is 0.480 e. The maximum atomic E-state index is 13.5. The number of para-hydroxylation sites is 2. The summed E-state index contributed by atoms with van der Waals surface area (Å²) in [6.07, 6.45) is 12.8. The number of piperidine rings is 4. The highest BCUT2D eigenvalue weighted by Gasteiger charge is 2.39. The van der Waals surface area contributed by atoms with Crippen LogP contribution in [-0.2, 0) is 14.4 Å². The van der Waals surface area contributed by atoms with E-state index in [2.05, 4.69) is 90.3 Å². The van der Waals surface area contributed by atoms with E-state index in [1.807, 2.05) is 6.07 Å². The van der Waals surface area contributed by atoms with Gasteiger partial charge in [0.15, 0.2) is 0 Å². The number of aromatic nitrogens is 2. The molecular weight excluding hydrogens is 1040 g/mol. The monoisotopic (exact) mass is 1100 g/mol. The number of fused-ring (bicyclic) bond motifs is 2. The number of carbonyl (C=O) groups is 3. The number of aryl methyl sites for hydroxylation is 2. The number of halogens is 5. The maximum Gasteiger partial charge on any atom is 0.321 e. The fourth-order valence-corrected chi connectivity index (χ4v) is 11.4. The lowest BCUT2D eigenvalue weighted by atomic mass is 9.84. The number of carboxylic acids is 2. The third-order valence-corrected chi connectivity index (χ3v) is 15.3. The molecule has 0 spiro atoms. The number of hydrogen-bond acceptors (Lipinski definition) is 8. The predicted octanol–water partition coefficient (Wildman–Crippen LogP) is 11.9. The van der Waals surface area contributed by atoms with Crippen LogP contribution in [-0.4, -0.2) is 129 Å². The molecule has 0 bridgehead atoms. The number of rotatable bonds is 10. The molecule has 19 heteroatoms. The summed E-state index contributed by atoms with van der Waals surface area (Å²) in [6, 6.07) is 24.4. The normalized spacial score (nSPS) is 17.8. The highest BCUT2D eigenvalue weighted by Crippen LogP contribution is 2.37. The number of carboxylic acid groups (broad SMARTS) is 2. The highest BCUT2D eigenvalue weighted by molar-refractivity contribution is 6.40. The molecule has 6 aromatic rings. The second-order valence-electron chi connectivity index (χ2n) is 19.8. The Labute approximate surface area is 459 Å². The SMILES string of the molecule is Cc1cc(N=C=O)ccc1F.Cc1cc(NC(=O)N2CCC(C(C(=O)O)N3CCC(c4c[nH]c5ccccc45)CC3)CC2)ccc1F.Cl.ClCCl.O=C(O)C(C1CCNCC1)N1CCC(c2c[nH]c3ccccc23)CC1. The Hall–Kier alpha value is -5.84. The fraction of sp³-hybridized carbons (Fsp3) is 0.439. The molecule has 14 nitrogen and oxygen atoms in total. The van der Waals surface area contributed by atoms with Crippen molar-refractivity contribution in [2.75, 3.05) is 63.0 Å². The van der Waals surface area contributed by atoms with E-state index >= 15 is 0 Å². The lowest BCUT2D eigenvalue weighted by molar-refractivity contribution is -0.147. The number of benzene rings is 4. The number of amides is 2. The number of hydrogen-bond donors (Lipinski definition) is 6. The molecule has 4 aliphatic rings. The van der Waals surface area contributed by atoms with Crippen molar-refractivity contribution in [1.29, 1.82) is 0 Å². The van der Waals surface area contributed by atoms with Gasteiger partial charge in [-0.05, 0) is 199 Å². The number of nitrogens with zero attached hydrogens (tertiary/aromatic N) is 4. The van der Waals surface area contributed by atoms with Gasteiger partial charge in [-0.15, -0.1) is 35.6 Å². The van der Waals surface area contributed by atoms with Gasteiger partial charge in [-0.2, -0.15) is 4.99 Å². The minimum Gasteiger partial charge on any atom is -0.480 e. The third kappa shape index (κ3) is 15.4. The lowest BCUT2D eigenvalue weighted by Crippen LogP contribution is -2.52. The Bertz CT molecular complexity index is 2890. The molecule has 0 radical (unpaired) electrons. The van der Waals surface area contributed by atoms with Crippen molar-refractivity contribution in [2.45, 2.75) is 89.1 Å². The van der Waals surface area contributed by atoms with Crippen LogP contribution in [0.25, 0.3) is 21.8 Å². The minimum absolute atomic E-state index is 0. The zero-order chi connectivity index (χ0) is 53.4. The predicted molar refractivity (Wildman–Crippen MR) is 299 cm³/mol. The van der Waals surface area contributed by atoms with Gasteiger partial charge in [0.25, 0.3) is 0 Å². The van der Waals surface area contributed by atoms with Crippen LogP contribution in [0.1, 0.15) is 85.5 Å². The van der Waals surface area contributed by atoms with Crippen LogP contribution in [0.3, 0.4) is 0 Å². The van der Waals surface area contributed by atoms with Crippen LogP contribution < -0.4 is 10.6 Å². The zero-order valence-corrected chi connectivity index (χ0v) is 45.3. The molecule has 2 aromatic heterocycles. The Morgan fingerprint density at radius 2 is 1.12 bits per heavy atom. The molecule has 6 N–H and O–H groups in total. The average molecular weight is 1110 g/mol. The van der Waals surface area contributed by atoms with Gasteiger partial charge in [0, 0.05) is 53.0 Å². The standard InChI is InChI=1S/C28H33FN4O3.C20H27N3O2.C8H6FNO.CH2Cl2.ClH/c1-18-16-21(6-7-24(18)29)31-28(36)33-14-10-20(11-15-33)26(27(34)35)32-12-8-19(9-13-32)23-17-30-25-5-3-2-4-22(23)25;24-20(25)19(15-5-9-21-10-6-15)23-11-7-14(8-12-23)17-13-22-18-4-2-1-3-16(17)18;1-6-4-7(10-5-11)2-3-8(6)9;2-1-3;/h2-7,16-17,19-20,26,30H,8-15H2,1H3,(H,31,36)(H,34,35);1-4,13-15,19,21-22H,5-12H2,(H,24,25);2-4H,1H3;1H2;1H. The molecule has 4 saturated heterocycles. The summed E-state index contributed by atoms with van der Waals surface area (Å²) >= 11 is 9.53. The number of aliphatic carboxylic acids is 2. The third-order valence-electron chi connectivity index (χ3n) is 15.3. The first-order valence-electron chi connectivity index (χ1n) is 25.8. The molecule has 0 saturated carbocycles. The van der Waals surface area contributed by atoms with Crippen molar-refractivity contribution < 1.29 is 38.2 Å². The molecule has 10 rings (SSSR count). The van der Waals surface area contributed by atoms with E-state index in [-0.39, 0.29) is 53.3 Å². The topological polar surface area (TPSA) is 186 Å². The van der Waals surface area contributed by atoms with Crippen LogP contribution in [0.5, 0.6) is 0 Å². The van der Waals surface area contributed by atoms with Gasteiger partial charge in [0.1, 0.15) is 23.7 Å². The van der Waals surface area contributed by atoms with E-state index in [9.17, 15) is 38.2 Å². The number of anilines is 1. The number of isocyanates is 1.